The van der Waals surface area contributed by atoms with Crippen LogP contribution in [0.2, 0.25) is 0 Å². The number of fused-ring (bicyclic) bond motifs is 1. The second-order valence-electron chi connectivity index (χ2n) is 9.80. The summed E-state index contributed by atoms with van der Waals surface area (Å²) < 4.78 is 46.7. The maximum Gasteiger partial charge on any atom is 0.416 e. The highest BCUT2D eigenvalue weighted by molar-refractivity contribution is 5.81. The van der Waals surface area contributed by atoms with Gasteiger partial charge in [-0.25, -0.2) is 4.68 Å². The standard InChI is InChI=1S/C27H30F3N7O2/c1-17-13-19-15-22(26(38)31-23(19)14-18(17)2)24(25-32-33-34-37(25)11-12-39-3)36-9-7-35(8-10-36)21-6-4-5-20(16-21)27(28,29)30/h4-6,13-16,24H,7-12H2,1-3H3,(H,31,38). The molecule has 1 saturated heterocycles. The molecular formula is C27H30F3N7O2. The highest BCUT2D eigenvalue weighted by Gasteiger charge is 2.34. The Morgan fingerprint density at radius 2 is 1.79 bits per heavy atom. The first-order valence-corrected chi connectivity index (χ1v) is 12.7. The third-order valence-corrected chi connectivity index (χ3v) is 7.31. The number of methoxy groups -OCH3 is 1. The van der Waals surface area contributed by atoms with E-state index < -0.39 is 17.8 Å². The number of aryl methyl sites for hydroxylation is 2. The Kier molecular flexibility index (Phi) is 7.41. The van der Waals surface area contributed by atoms with Crippen molar-refractivity contribution in [2.75, 3.05) is 44.8 Å². The fourth-order valence-electron chi connectivity index (χ4n) is 5.06. The van der Waals surface area contributed by atoms with Crippen LogP contribution in [0.25, 0.3) is 10.9 Å². The van der Waals surface area contributed by atoms with Gasteiger partial charge in [0.05, 0.1) is 18.7 Å². The third kappa shape index (κ3) is 5.52. The van der Waals surface area contributed by atoms with Crippen molar-refractivity contribution >= 4 is 16.6 Å². The van der Waals surface area contributed by atoms with Gasteiger partial charge in [0.25, 0.3) is 5.56 Å². The summed E-state index contributed by atoms with van der Waals surface area (Å²) in [5.41, 5.74) is 3.04. The van der Waals surface area contributed by atoms with Crippen molar-refractivity contribution in [2.24, 2.45) is 0 Å². The monoisotopic (exact) mass is 541 g/mol. The summed E-state index contributed by atoms with van der Waals surface area (Å²) >= 11 is 0. The Morgan fingerprint density at radius 3 is 2.51 bits per heavy atom. The minimum Gasteiger partial charge on any atom is -0.383 e. The minimum absolute atomic E-state index is 0.239. The van der Waals surface area contributed by atoms with Crippen LogP contribution >= 0.6 is 0 Å². The van der Waals surface area contributed by atoms with Crippen molar-refractivity contribution in [1.82, 2.24) is 30.1 Å². The predicted octanol–water partition coefficient (Wildman–Crippen LogP) is 3.71. The van der Waals surface area contributed by atoms with Crippen LogP contribution in [0.4, 0.5) is 18.9 Å². The molecule has 1 aliphatic rings. The molecule has 4 aromatic rings. The quantitative estimate of drug-likeness (QED) is 0.381. The van der Waals surface area contributed by atoms with Gasteiger partial charge in [0, 0.05) is 50.1 Å². The molecule has 0 saturated carbocycles. The molecule has 1 aliphatic heterocycles. The normalized spacial score (nSPS) is 15.7. The van der Waals surface area contributed by atoms with Crippen LogP contribution in [0, 0.1) is 13.8 Å². The van der Waals surface area contributed by atoms with Gasteiger partial charge in [0.1, 0.15) is 6.04 Å². The molecule has 2 aromatic heterocycles. The Hall–Kier alpha value is -3.77. The van der Waals surface area contributed by atoms with Gasteiger partial charge in [0.15, 0.2) is 5.82 Å². The first-order valence-electron chi connectivity index (χ1n) is 12.7. The number of aromatic amines is 1. The molecule has 12 heteroatoms. The van der Waals surface area contributed by atoms with Gasteiger partial charge in [-0.3, -0.25) is 9.69 Å². The zero-order valence-electron chi connectivity index (χ0n) is 22.0. The van der Waals surface area contributed by atoms with Gasteiger partial charge in [-0.05, 0) is 77.2 Å². The summed E-state index contributed by atoms with van der Waals surface area (Å²) in [5.74, 6) is 0.508. The fourth-order valence-corrected chi connectivity index (χ4v) is 5.06. The number of benzene rings is 2. The van der Waals surface area contributed by atoms with Crippen molar-refractivity contribution in [3.8, 4) is 0 Å². The molecule has 5 rings (SSSR count). The number of hydrogen-bond acceptors (Lipinski definition) is 7. The molecule has 1 atom stereocenters. The molecule has 0 aliphatic carbocycles. The fraction of sp³-hybridized carbons (Fsp3) is 0.407. The van der Waals surface area contributed by atoms with Crippen LogP contribution in [-0.4, -0.2) is 70.0 Å². The smallest absolute Gasteiger partial charge is 0.383 e. The Bertz CT molecular complexity index is 1520. The summed E-state index contributed by atoms with van der Waals surface area (Å²) in [6.07, 6.45) is -4.41. The van der Waals surface area contributed by atoms with Crippen LogP contribution in [0.5, 0.6) is 0 Å². The largest absolute Gasteiger partial charge is 0.416 e. The van der Waals surface area contributed by atoms with Gasteiger partial charge < -0.3 is 14.6 Å². The first-order chi connectivity index (χ1) is 18.7. The van der Waals surface area contributed by atoms with Gasteiger partial charge >= 0.3 is 6.18 Å². The average Bonchev–Trinajstić information content (AvgIpc) is 3.37. The first kappa shape index (κ1) is 26.8. The number of pyridine rings is 1. The van der Waals surface area contributed by atoms with Crippen molar-refractivity contribution in [2.45, 2.75) is 32.6 Å². The van der Waals surface area contributed by atoms with Crippen LogP contribution < -0.4 is 10.5 Å². The number of ether oxygens (including phenoxy) is 1. The second kappa shape index (κ2) is 10.8. The Morgan fingerprint density at radius 1 is 1.05 bits per heavy atom. The summed E-state index contributed by atoms with van der Waals surface area (Å²) in [6, 6.07) is 10.7. The minimum atomic E-state index is -4.41. The number of alkyl halides is 3. The van der Waals surface area contributed by atoms with Crippen LogP contribution in [0.3, 0.4) is 0 Å². The molecule has 206 valence electrons. The average molecular weight is 542 g/mol. The van der Waals surface area contributed by atoms with Crippen molar-refractivity contribution in [3.63, 3.8) is 0 Å². The van der Waals surface area contributed by atoms with E-state index in [9.17, 15) is 18.0 Å². The van der Waals surface area contributed by atoms with E-state index in [4.69, 9.17) is 4.74 Å². The van der Waals surface area contributed by atoms with Crippen molar-refractivity contribution in [1.29, 1.82) is 0 Å². The second-order valence-corrected chi connectivity index (χ2v) is 9.80. The molecule has 1 fully saturated rings. The molecule has 2 aromatic carbocycles. The van der Waals surface area contributed by atoms with Crippen LogP contribution in [0.15, 0.2) is 47.3 Å². The van der Waals surface area contributed by atoms with Crippen molar-refractivity contribution < 1.29 is 17.9 Å². The number of H-pyrrole nitrogens is 1. The zero-order chi connectivity index (χ0) is 27.7. The van der Waals surface area contributed by atoms with E-state index >= 15 is 0 Å². The summed E-state index contributed by atoms with van der Waals surface area (Å²) in [5, 5.41) is 13.2. The maximum absolute atomic E-state index is 13.4. The molecule has 3 heterocycles. The van der Waals surface area contributed by atoms with E-state index in [-0.39, 0.29) is 5.56 Å². The lowest BCUT2D eigenvalue weighted by atomic mass is 10.00. The number of piperazine rings is 1. The maximum atomic E-state index is 13.4. The van der Waals surface area contributed by atoms with Gasteiger partial charge in [-0.2, -0.15) is 13.2 Å². The SMILES string of the molecule is COCCn1nnnc1C(c1cc2cc(C)c(C)cc2[nH]c1=O)N1CCN(c2cccc(C(F)(F)F)c2)CC1. The van der Waals surface area contributed by atoms with E-state index in [0.29, 0.717) is 56.4 Å². The lowest BCUT2D eigenvalue weighted by Crippen LogP contribution is -2.49. The van der Waals surface area contributed by atoms with Gasteiger partial charge in [0.2, 0.25) is 0 Å². The highest BCUT2D eigenvalue weighted by atomic mass is 19.4. The summed E-state index contributed by atoms with van der Waals surface area (Å²) in [4.78, 5) is 20.5. The van der Waals surface area contributed by atoms with Gasteiger partial charge in [-0.1, -0.05) is 6.07 Å². The Labute approximate surface area is 223 Å². The van der Waals surface area contributed by atoms with E-state index in [2.05, 4.69) is 25.4 Å². The molecule has 0 spiro atoms. The molecule has 9 nitrogen and oxygen atoms in total. The van der Waals surface area contributed by atoms with Crippen LogP contribution in [0.1, 0.15) is 34.1 Å². The molecule has 0 amide bonds. The highest BCUT2D eigenvalue weighted by Crippen LogP contribution is 2.33. The van der Waals surface area contributed by atoms with Crippen molar-refractivity contribution in [3.05, 3.63) is 80.9 Å². The number of halogens is 3. The summed E-state index contributed by atoms with van der Waals surface area (Å²) in [7, 11) is 1.59. The molecular weight excluding hydrogens is 511 g/mol. The molecule has 39 heavy (non-hydrogen) atoms. The molecule has 1 N–H and O–H groups in total. The molecule has 0 radical (unpaired) electrons. The third-order valence-electron chi connectivity index (χ3n) is 7.31. The zero-order valence-corrected chi connectivity index (χ0v) is 22.0. The summed E-state index contributed by atoms with van der Waals surface area (Å²) in [6.45, 7) is 6.74. The topological polar surface area (TPSA) is 92.2 Å². The number of rotatable bonds is 7. The number of nitrogens with zero attached hydrogens (tertiary/aromatic N) is 6. The number of tetrazole rings is 1. The van der Waals surface area contributed by atoms with E-state index in [1.54, 1.807) is 17.9 Å². The van der Waals surface area contributed by atoms with E-state index in [1.807, 2.05) is 36.9 Å². The number of hydrogen-bond donors (Lipinski definition) is 1. The number of nitrogens with one attached hydrogen (secondary N) is 1. The van der Waals surface area contributed by atoms with Gasteiger partial charge in [-0.15, -0.1) is 5.10 Å². The number of aromatic nitrogens is 5. The Balaban J connectivity index is 1.50. The molecule has 1 unspecified atom stereocenters. The number of anilines is 1. The lowest BCUT2D eigenvalue weighted by molar-refractivity contribution is -0.137. The van der Waals surface area contributed by atoms with E-state index in [0.717, 1.165) is 28.1 Å². The predicted molar refractivity (Wildman–Crippen MR) is 141 cm³/mol. The lowest BCUT2D eigenvalue weighted by Gasteiger charge is -2.39. The molecule has 0 bridgehead atoms. The van der Waals surface area contributed by atoms with Crippen LogP contribution in [-0.2, 0) is 17.5 Å². The van der Waals surface area contributed by atoms with E-state index in [1.165, 1.54) is 12.1 Å².